The quantitative estimate of drug-likeness (QED) is 0.265. The molecule has 78 valence electrons. The third-order valence-electron chi connectivity index (χ3n) is 1.62. The maximum Gasteiger partial charge on any atom is 0.206 e. The molecule has 0 rings (SSSR count). The van der Waals surface area contributed by atoms with E-state index in [4.69, 9.17) is 5.84 Å². The summed E-state index contributed by atoms with van der Waals surface area (Å²) in [7, 11) is 0. The van der Waals surface area contributed by atoms with Crippen molar-refractivity contribution in [2.24, 2.45) is 10.8 Å². The molecule has 0 heterocycles. The van der Waals surface area contributed by atoms with Crippen LogP contribution in [-0.2, 0) is 0 Å². The van der Waals surface area contributed by atoms with Gasteiger partial charge < -0.3 is 5.32 Å². The molecular weight excluding hydrogens is 164 g/mol. The van der Waals surface area contributed by atoms with E-state index in [0.717, 1.165) is 12.8 Å². The van der Waals surface area contributed by atoms with Gasteiger partial charge in [0.1, 0.15) is 0 Å². The summed E-state index contributed by atoms with van der Waals surface area (Å²) in [5.74, 6) is 6.00. The highest BCUT2D eigenvalue weighted by Crippen LogP contribution is 1.99. The fourth-order valence-electron chi connectivity index (χ4n) is 1.09. The molecule has 0 saturated carbocycles. The van der Waals surface area contributed by atoms with E-state index >= 15 is 0 Å². The molecule has 0 radical (unpaired) electrons. The van der Waals surface area contributed by atoms with E-state index in [1.807, 2.05) is 0 Å². The van der Waals surface area contributed by atoms with Crippen LogP contribution in [-0.4, -0.2) is 18.0 Å². The van der Waals surface area contributed by atoms with Crippen molar-refractivity contribution >= 4 is 5.96 Å². The van der Waals surface area contributed by atoms with Gasteiger partial charge in [-0.15, -0.1) is 0 Å². The van der Waals surface area contributed by atoms with Crippen LogP contribution >= 0.6 is 0 Å². The minimum absolute atomic E-state index is 0.322. The Morgan fingerprint density at radius 1 is 1.38 bits per heavy atom. The largest absolute Gasteiger partial charge is 0.353 e. The maximum absolute atomic E-state index is 5.32. The summed E-state index contributed by atoms with van der Waals surface area (Å²) >= 11 is 0. The third-order valence-corrected chi connectivity index (χ3v) is 1.62. The van der Waals surface area contributed by atoms with Gasteiger partial charge in [0.15, 0.2) is 0 Å². The fourth-order valence-corrected chi connectivity index (χ4v) is 1.09. The number of nitrogens with one attached hydrogen (secondary N) is 2. The van der Waals surface area contributed by atoms with Crippen molar-refractivity contribution in [3.63, 3.8) is 0 Å². The second kappa shape index (κ2) is 6.71. The summed E-state index contributed by atoms with van der Waals surface area (Å²) < 4.78 is 0. The standard InChI is InChI=1S/C9H22N4/c1-5-6-8(4)12-9(13-10)11-7(2)3/h7-8H,5-6,10H2,1-4H3,(H2,11,12,13). The summed E-state index contributed by atoms with van der Waals surface area (Å²) in [6, 6.07) is 0.672. The average molecular weight is 186 g/mol. The van der Waals surface area contributed by atoms with Crippen LogP contribution in [0.5, 0.6) is 0 Å². The highest BCUT2D eigenvalue weighted by atomic mass is 15.3. The van der Waals surface area contributed by atoms with Crippen LogP contribution in [0.3, 0.4) is 0 Å². The number of guanidine groups is 1. The van der Waals surface area contributed by atoms with E-state index in [1.165, 1.54) is 0 Å². The predicted octanol–water partition coefficient (Wildman–Crippen LogP) is 0.992. The molecule has 0 spiro atoms. The third kappa shape index (κ3) is 6.40. The second-order valence-electron chi connectivity index (χ2n) is 3.56. The minimum Gasteiger partial charge on any atom is -0.353 e. The van der Waals surface area contributed by atoms with Gasteiger partial charge in [0, 0.05) is 6.04 Å². The van der Waals surface area contributed by atoms with Crippen LogP contribution in [0.1, 0.15) is 40.5 Å². The van der Waals surface area contributed by atoms with Crippen molar-refractivity contribution in [1.82, 2.24) is 10.7 Å². The normalized spacial score (nSPS) is 14.5. The topological polar surface area (TPSA) is 62.4 Å². The summed E-state index contributed by atoms with van der Waals surface area (Å²) in [6.07, 6.45) is 2.23. The molecular formula is C9H22N4. The van der Waals surface area contributed by atoms with Crippen LogP contribution in [0.25, 0.3) is 0 Å². The van der Waals surface area contributed by atoms with Crippen molar-refractivity contribution in [3.8, 4) is 0 Å². The van der Waals surface area contributed by atoms with Crippen molar-refractivity contribution in [3.05, 3.63) is 0 Å². The molecule has 0 aliphatic rings. The zero-order chi connectivity index (χ0) is 10.3. The zero-order valence-corrected chi connectivity index (χ0v) is 9.09. The molecule has 4 N–H and O–H groups in total. The lowest BCUT2D eigenvalue weighted by molar-refractivity contribution is 0.632. The van der Waals surface area contributed by atoms with E-state index < -0.39 is 0 Å². The van der Waals surface area contributed by atoms with E-state index in [9.17, 15) is 0 Å². The highest BCUT2D eigenvalue weighted by Gasteiger charge is 2.02. The van der Waals surface area contributed by atoms with E-state index in [2.05, 4.69) is 43.4 Å². The Morgan fingerprint density at radius 2 is 2.00 bits per heavy atom. The van der Waals surface area contributed by atoms with Crippen LogP contribution < -0.4 is 16.6 Å². The molecule has 4 heteroatoms. The maximum atomic E-state index is 5.32. The molecule has 0 saturated heterocycles. The van der Waals surface area contributed by atoms with E-state index in [0.29, 0.717) is 18.0 Å². The Kier molecular flexibility index (Phi) is 6.32. The Labute approximate surface area is 81.0 Å². The molecule has 1 unspecified atom stereocenters. The van der Waals surface area contributed by atoms with Crippen molar-refractivity contribution in [2.75, 3.05) is 0 Å². The number of hydrazine groups is 1. The van der Waals surface area contributed by atoms with Gasteiger partial charge in [-0.3, -0.25) is 5.43 Å². The smallest absolute Gasteiger partial charge is 0.206 e. The first kappa shape index (κ1) is 12.2. The first-order valence-electron chi connectivity index (χ1n) is 4.91. The second-order valence-corrected chi connectivity index (χ2v) is 3.56. The van der Waals surface area contributed by atoms with E-state index in [-0.39, 0.29) is 0 Å². The fraction of sp³-hybridized carbons (Fsp3) is 0.889. The lowest BCUT2D eigenvalue weighted by Crippen LogP contribution is -2.45. The summed E-state index contributed by atoms with van der Waals surface area (Å²) in [6.45, 7) is 8.34. The molecule has 0 bridgehead atoms. The van der Waals surface area contributed by atoms with Gasteiger partial charge in [0.2, 0.25) is 5.96 Å². The molecule has 0 aromatic carbocycles. The van der Waals surface area contributed by atoms with Gasteiger partial charge in [0.25, 0.3) is 0 Å². The zero-order valence-electron chi connectivity index (χ0n) is 9.09. The summed E-state index contributed by atoms with van der Waals surface area (Å²) in [4.78, 5) is 4.39. The number of nitrogens with two attached hydrogens (primary N) is 1. The Balaban J connectivity index is 4.03. The highest BCUT2D eigenvalue weighted by molar-refractivity contribution is 5.79. The lowest BCUT2D eigenvalue weighted by Gasteiger charge is -2.14. The van der Waals surface area contributed by atoms with Crippen LogP contribution in [0.4, 0.5) is 0 Å². The van der Waals surface area contributed by atoms with Gasteiger partial charge in [-0.25, -0.2) is 10.8 Å². The van der Waals surface area contributed by atoms with Crippen molar-refractivity contribution < 1.29 is 0 Å². The Bertz CT molecular complexity index is 154. The minimum atomic E-state index is 0.322. The molecule has 13 heavy (non-hydrogen) atoms. The number of rotatable bonds is 4. The molecule has 4 nitrogen and oxygen atoms in total. The molecule has 1 atom stereocenters. The first-order valence-corrected chi connectivity index (χ1v) is 4.91. The van der Waals surface area contributed by atoms with Crippen LogP contribution in [0.15, 0.2) is 4.99 Å². The van der Waals surface area contributed by atoms with E-state index in [1.54, 1.807) is 0 Å². The van der Waals surface area contributed by atoms with Gasteiger partial charge in [-0.2, -0.15) is 0 Å². The molecule has 0 amide bonds. The molecule has 0 aliphatic heterocycles. The Hall–Kier alpha value is -0.770. The van der Waals surface area contributed by atoms with Gasteiger partial charge in [-0.1, -0.05) is 13.3 Å². The van der Waals surface area contributed by atoms with Crippen LogP contribution in [0.2, 0.25) is 0 Å². The SMILES string of the molecule is CCCC(C)N=C(NN)NC(C)C. The number of hydrogen-bond donors (Lipinski definition) is 3. The monoisotopic (exact) mass is 186 g/mol. The first-order chi connectivity index (χ1) is 6.10. The number of nitrogens with zero attached hydrogens (tertiary/aromatic N) is 1. The van der Waals surface area contributed by atoms with Gasteiger partial charge in [0.05, 0.1) is 6.04 Å². The summed E-state index contributed by atoms with van der Waals surface area (Å²) in [5.41, 5.74) is 2.56. The average Bonchev–Trinajstić information content (AvgIpc) is 2.02. The number of hydrogen-bond acceptors (Lipinski definition) is 2. The van der Waals surface area contributed by atoms with Crippen molar-refractivity contribution in [1.29, 1.82) is 0 Å². The van der Waals surface area contributed by atoms with Crippen molar-refractivity contribution in [2.45, 2.75) is 52.6 Å². The molecule has 0 fully saturated rings. The van der Waals surface area contributed by atoms with Gasteiger partial charge in [-0.05, 0) is 27.2 Å². The van der Waals surface area contributed by atoms with Crippen LogP contribution in [0, 0.1) is 0 Å². The Morgan fingerprint density at radius 3 is 2.38 bits per heavy atom. The lowest BCUT2D eigenvalue weighted by atomic mass is 10.2. The summed E-state index contributed by atoms with van der Waals surface area (Å²) in [5, 5.41) is 3.13. The molecule has 0 aromatic heterocycles. The predicted molar refractivity (Wildman–Crippen MR) is 57.4 cm³/mol. The number of aliphatic imine (C=N–C) groups is 1. The van der Waals surface area contributed by atoms with Gasteiger partial charge >= 0.3 is 0 Å². The molecule has 0 aromatic rings. The molecule has 0 aliphatic carbocycles.